The summed E-state index contributed by atoms with van der Waals surface area (Å²) in [4.78, 5) is 29.0. The third kappa shape index (κ3) is 4.06. The molecule has 158 valence electrons. The van der Waals surface area contributed by atoms with Gasteiger partial charge in [0, 0.05) is 0 Å². The van der Waals surface area contributed by atoms with E-state index in [4.69, 9.17) is 0 Å². The fourth-order valence-electron chi connectivity index (χ4n) is 2.60. The number of ether oxygens (including phenoxy) is 1. The van der Waals surface area contributed by atoms with E-state index in [0.29, 0.717) is 10.2 Å². The summed E-state index contributed by atoms with van der Waals surface area (Å²) in [6.45, 7) is 0.934. The molecule has 2 N–H and O–H groups in total. The zero-order valence-corrected chi connectivity index (χ0v) is 16.2. The molecule has 0 fully saturated rings. The lowest BCUT2D eigenvalue weighted by molar-refractivity contribution is -0.204. The third-order valence-electron chi connectivity index (χ3n) is 4.01. The Morgan fingerprint density at radius 2 is 1.77 bits per heavy atom. The summed E-state index contributed by atoms with van der Waals surface area (Å²) in [5.41, 5.74) is -3.96. The number of thiazole rings is 1. The van der Waals surface area contributed by atoms with Crippen LogP contribution in [-0.2, 0) is 9.53 Å². The number of halogens is 4. The number of benzene rings is 2. The average Bonchev–Trinajstić information content (AvgIpc) is 3.09. The first-order valence-corrected chi connectivity index (χ1v) is 9.44. The maximum Gasteiger partial charge on any atom is 0.442 e. The van der Waals surface area contributed by atoms with E-state index in [-0.39, 0.29) is 11.7 Å². The van der Waals surface area contributed by atoms with Gasteiger partial charge >= 0.3 is 17.8 Å². The van der Waals surface area contributed by atoms with Crippen molar-refractivity contribution < 1.29 is 31.9 Å². The maximum atomic E-state index is 14.2. The molecule has 30 heavy (non-hydrogen) atoms. The van der Waals surface area contributed by atoms with E-state index in [9.17, 15) is 27.2 Å². The fraction of sp³-hybridized carbons (Fsp3) is 0.211. The first kappa shape index (κ1) is 21.5. The van der Waals surface area contributed by atoms with Gasteiger partial charge in [-0.05, 0) is 31.2 Å². The van der Waals surface area contributed by atoms with E-state index in [1.54, 1.807) is 29.6 Å². The van der Waals surface area contributed by atoms with Gasteiger partial charge in [0.05, 0.1) is 22.4 Å². The standard InChI is InChI=1S/C19H15F4N3O3S/c1-2-29-16(28)18(19(21,22)23,25-15(27)11-7-3-4-8-12(11)20)26-17-24-13-9-5-6-10-14(13)30-17/h3-10H,2H2,1H3,(H,24,26)(H,25,27)/t18-/m1/s1. The maximum absolute atomic E-state index is 14.2. The number of nitrogens with one attached hydrogen (secondary N) is 2. The molecule has 0 spiro atoms. The van der Waals surface area contributed by atoms with Gasteiger partial charge in [0.25, 0.3) is 5.91 Å². The molecule has 0 bridgehead atoms. The summed E-state index contributed by atoms with van der Waals surface area (Å²) >= 11 is 0.846. The number of rotatable bonds is 6. The first-order valence-electron chi connectivity index (χ1n) is 8.62. The molecule has 1 atom stereocenters. The number of hydrogen-bond donors (Lipinski definition) is 2. The quantitative estimate of drug-likeness (QED) is 0.342. The molecule has 0 aliphatic heterocycles. The number of alkyl halides is 3. The van der Waals surface area contributed by atoms with Crippen molar-refractivity contribution in [2.75, 3.05) is 11.9 Å². The molecule has 0 aliphatic rings. The number of carbonyl (C=O) groups is 2. The molecular weight excluding hydrogens is 426 g/mol. The van der Waals surface area contributed by atoms with Gasteiger partial charge in [-0.3, -0.25) is 4.79 Å². The van der Waals surface area contributed by atoms with E-state index in [0.717, 1.165) is 23.5 Å². The summed E-state index contributed by atoms with van der Waals surface area (Å²) in [6.07, 6.45) is -5.35. The Bertz CT molecular complexity index is 1050. The van der Waals surface area contributed by atoms with Gasteiger partial charge in [0.1, 0.15) is 5.82 Å². The van der Waals surface area contributed by atoms with Crippen molar-refractivity contribution in [3.8, 4) is 0 Å². The number of aromatic nitrogens is 1. The summed E-state index contributed by atoms with van der Waals surface area (Å²) in [6, 6.07) is 11.0. The Kier molecular flexibility index (Phi) is 5.92. The predicted octanol–water partition coefficient (Wildman–Crippen LogP) is 4.10. The lowest BCUT2D eigenvalue weighted by atomic mass is 10.1. The van der Waals surface area contributed by atoms with E-state index in [2.05, 4.69) is 9.72 Å². The van der Waals surface area contributed by atoms with Gasteiger partial charge in [-0.25, -0.2) is 14.2 Å². The van der Waals surface area contributed by atoms with E-state index >= 15 is 0 Å². The second kappa shape index (κ2) is 8.27. The molecule has 3 aromatic rings. The molecule has 0 saturated heterocycles. The van der Waals surface area contributed by atoms with Crippen LogP contribution in [0.15, 0.2) is 48.5 Å². The molecule has 6 nitrogen and oxygen atoms in total. The van der Waals surface area contributed by atoms with Crippen molar-refractivity contribution in [1.82, 2.24) is 10.3 Å². The zero-order chi connectivity index (χ0) is 21.9. The molecule has 1 heterocycles. The predicted molar refractivity (Wildman–Crippen MR) is 103 cm³/mol. The van der Waals surface area contributed by atoms with Crippen LogP contribution in [0.25, 0.3) is 10.2 Å². The van der Waals surface area contributed by atoms with E-state index in [1.807, 2.05) is 5.32 Å². The Balaban J connectivity index is 2.07. The van der Waals surface area contributed by atoms with Gasteiger partial charge in [0.15, 0.2) is 5.13 Å². The van der Waals surface area contributed by atoms with Crippen molar-refractivity contribution >= 4 is 38.6 Å². The number of carbonyl (C=O) groups excluding carboxylic acids is 2. The summed E-state index contributed by atoms with van der Waals surface area (Å²) < 4.78 is 61.6. The van der Waals surface area contributed by atoms with Gasteiger partial charge in [-0.15, -0.1) is 0 Å². The lowest BCUT2D eigenvalue weighted by Crippen LogP contribution is -2.69. The van der Waals surface area contributed by atoms with Crippen LogP contribution in [0.5, 0.6) is 0 Å². The zero-order valence-electron chi connectivity index (χ0n) is 15.4. The Labute approximate surface area is 171 Å². The summed E-state index contributed by atoms with van der Waals surface area (Å²) in [5.74, 6) is -4.30. The van der Waals surface area contributed by atoms with Crippen LogP contribution in [0, 0.1) is 5.82 Å². The van der Waals surface area contributed by atoms with Gasteiger partial charge in [0.2, 0.25) is 0 Å². The van der Waals surface area contributed by atoms with Crippen molar-refractivity contribution in [3.05, 3.63) is 59.9 Å². The molecule has 1 aromatic heterocycles. The van der Waals surface area contributed by atoms with Crippen LogP contribution < -0.4 is 10.6 Å². The Morgan fingerprint density at radius 1 is 1.10 bits per heavy atom. The van der Waals surface area contributed by atoms with Crippen LogP contribution in [0.4, 0.5) is 22.7 Å². The second-order valence-electron chi connectivity index (χ2n) is 6.01. The molecule has 0 saturated carbocycles. The number of anilines is 1. The molecular formula is C19H15F4N3O3S. The highest BCUT2D eigenvalue weighted by Crippen LogP contribution is 2.36. The number of nitrogens with zero attached hydrogens (tertiary/aromatic N) is 1. The minimum Gasteiger partial charge on any atom is -0.463 e. The fourth-order valence-corrected chi connectivity index (χ4v) is 3.52. The largest absolute Gasteiger partial charge is 0.463 e. The lowest BCUT2D eigenvalue weighted by Gasteiger charge is -2.34. The van der Waals surface area contributed by atoms with Gasteiger partial charge in [-0.2, -0.15) is 13.2 Å². The topological polar surface area (TPSA) is 80.3 Å². The van der Waals surface area contributed by atoms with Crippen LogP contribution in [-0.4, -0.2) is 35.3 Å². The molecule has 2 aromatic carbocycles. The smallest absolute Gasteiger partial charge is 0.442 e. The number of para-hydroxylation sites is 1. The number of esters is 1. The molecule has 0 unspecified atom stereocenters. The Morgan fingerprint density at radius 3 is 2.40 bits per heavy atom. The average molecular weight is 441 g/mol. The second-order valence-corrected chi connectivity index (χ2v) is 7.04. The van der Waals surface area contributed by atoms with Gasteiger partial charge in [-0.1, -0.05) is 35.6 Å². The van der Waals surface area contributed by atoms with Crippen molar-refractivity contribution in [3.63, 3.8) is 0 Å². The summed E-state index contributed by atoms with van der Waals surface area (Å²) in [5, 5.41) is 3.28. The molecule has 0 radical (unpaired) electrons. The normalized spacial score (nSPS) is 13.5. The van der Waals surface area contributed by atoms with Crippen LogP contribution >= 0.6 is 11.3 Å². The van der Waals surface area contributed by atoms with Crippen LogP contribution in [0.1, 0.15) is 17.3 Å². The minimum absolute atomic E-state index is 0.282. The minimum atomic E-state index is -5.35. The highest BCUT2D eigenvalue weighted by atomic mass is 32.1. The summed E-state index contributed by atoms with van der Waals surface area (Å²) in [7, 11) is 0. The monoisotopic (exact) mass is 441 g/mol. The van der Waals surface area contributed by atoms with Crippen LogP contribution in [0.2, 0.25) is 0 Å². The van der Waals surface area contributed by atoms with E-state index in [1.165, 1.54) is 19.1 Å². The Hall–Kier alpha value is -3.21. The highest BCUT2D eigenvalue weighted by molar-refractivity contribution is 7.22. The number of amides is 1. The van der Waals surface area contributed by atoms with Crippen molar-refractivity contribution in [2.45, 2.75) is 18.8 Å². The van der Waals surface area contributed by atoms with Crippen molar-refractivity contribution in [1.29, 1.82) is 0 Å². The van der Waals surface area contributed by atoms with E-state index < -0.39 is 35.1 Å². The molecule has 3 rings (SSSR count). The third-order valence-corrected chi connectivity index (χ3v) is 4.97. The number of hydrogen-bond acceptors (Lipinski definition) is 6. The van der Waals surface area contributed by atoms with Crippen molar-refractivity contribution in [2.24, 2.45) is 0 Å². The van der Waals surface area contributed by atoms with Crippen LogP contribution in [0.3, 0.4) is 0 Å². The van der Waals surface area contributed by atoms with Gasteiger partial charge < -0.3 is 15.4 Å². The first-order chi connectivity index (χ1) is 14.2. The SMILES string of the molecule is CCOC(=O)[C@@](NC(=O)c1ccccc1F)(Nc1nc2ccccc2s1)C(F)(F)F. The molecule has 0 aliphatic carbocycles. The highest BCUT2D eigenvalue weighted by Gasteiger charge is 2.64. The number of fused-ring (bicyclic) bond motifs is 1. The molecule has 1 amide bonds. The molecule has 11 heteroatoms.